The minimum Gasteiger partial charge on any atom is -0.703 e. The van der Waals surface area contributed by atoms with Crippen LogP contribution >= 0.6 is 0 Å². The highest BCUT2D eigenvalue weighted by atomic mass is 32.2. The highest BCUT2D eigenvalue weighted by Crippen LogP contribution is 2.23. The van der Waals surface area contributed by atoms with Crippen molar-refractivity contribution in [2.45, 2.75) is 24.5 Å². The Morgan fingerprint density at radius 3 is 2.67 bits per heavy atom. The Hall–Kier alpha value is -0.690. The average Bonchev–Trinajstić information content (AvgIpc) is 2.62. The van der Waals surface area contributed by atoms with Crippen molar-refractivity contribution in [2.75, 3.05) is 11.5 Å². The van der Waals surface area contributed by atoms with E-state index in [2.05, 4.69) is 5.10 Å². The summed E-state index contributed by atoms with van der Waals surface area (Å²) >= 11 is 5.04. The molecular weight excluding hydrogens is 234 g/mol. The maximum atomic E-state index is 11.3. The van der Waals surface area contributed by atoms with E-state index < -0.39 is 9.84 Å². The minimum atomic E-state index is -2.87. The first-order valence-corrected chi connectivity index (χ1v) is 6.96. The van der Waals surface area contributed by atoms with Gasteiger partial charge in [0.05, 0.1) is 18.6 Å². The molecule has 1 atom stereocenters. The Balaban J connectivity index is 2.36. The van der Waals surface area contributed by atoms with Gasteiger partial charge in [0.2, 0.25) is 5.82 Å². The van der Waals surface area contributed by atoms with Crippen LogP contribution in [0.3, 0.4) is 0 Å². The zero-order valence-corrected chi connectivity index (χ0v) is 10.3. The molecule has 0 N–H and O–H groups in total. The zero-order chi connectivity index (χ0) is 11.2. The lowest BCUT2D eigenvalue weighted by molar-refractivity contribution is -0.715. The quantitative estimate of drug-likeness (QED) is 0.485. The first-order chi connectivity index (χ1) is 6.91. The van der Waals surface area contributed by atoms with Crippen LogP contribution in [0.15, 0.2) is 5.16 Å². The summed E-state index contributed by atoms with van der Waals surface area (Å²) in [5, 5.41) is 4.68. The Labute approximate surface area is 94.4 Å². The molecule has 0 saturated carbocycles. The second-order valence-electron chi connectivity index (χ2n) is 3.89. The van der Waals surface area contributed by atoms with Crippen molar-refractivity contribution < 1.29 is 13.0 Å². The molecule has 1 aliphatic rings. The molecule has 1 aliphatic heterocycles. The van der Waals surface area contributed by atoms with Crippen molar-refractivity contribution in [1.29, 1.82) is 0 Å². The lowest BCUT2D eigenvalue weighted by atomic mass is 10.3. The molecular formula is C8H13N3O2S2. The molecule has 7 heteroatoms. The van der Waals surface area contributed by atoms with Crippen molar-refractivity contribution in [3.05, 3.63) is 5.82 Å². The van der Waals surface area contributed by atoms with E-state index in [0.29, 0.717) is 11.6 Å². The van der Waals surface area contributed by atoms with E-state index in [1.807, 2.05) is 14.0 Å². The first kappa shape index (κ1) is 10.8. The highest BCUT2D eigenvalue weighted by molar-refractivity contribution is 7.91. The summed E-state index contributed by atoms with van der Waals surface area (Å²) in [6.07, 6.45) is 0.639. The monoisotopic (exact) mass is 247 g/mol. The summed E-state index contributed by atoms with van der Waals surface area (Å²) in [5.74, 6) is 1.35. The molecule has 84 valence electrons. The third-order valence-electron chi connectivity index (χ3n) is 2.85. The second kappa shape index (κ2) is 3.41. The Kier molecular flexibility index (Phi) is 2.46. The normalized spacial score (nSPS) is 24.5. The Bertz CT molecular complexity index is 492. The van der Waals surface area contributed by atoms with Crippen molar-refractivity contribution in [3.63, 3.8) is 0 Å². The third-order valence-corrected chi connectivity index (χ3v) is 4.96. The zero-order valence-electron chi connectivity index (χ0n) is 8.67. The van der Waals surface area contributed by atoms with E-state index in [-0.39, 0.29) is 17.5 Å². The molecule has 1 fully saturated rings. The summed E-state index contributed by atoms with van der Waals surface area (Å²) in [5.41, 5.74) is 0. The van der Waals surface area contributed by atoms with Gasteiger partial charge in [0.15, 0.2) is 15.0 Å². The maximum Gasteiger partial charge on any atom is 0.231 e. The summed E-state index contributed by atoms with van der Waals surface area (Å²) in [4.78, 5) is 0. The molecule has 0 aromatic carbocycles. The third kappa shape index (κ3) is 1.85. The van der Waals surface area contributed by atoms with E-state index in [1.54, 1.807) is 9.25 Å². The topological polar surface area (TPSA) is 55.8 Å². The molecule has 1 aromatic heterocycles. The van der Waals surface area contributed by atoms with Gasteiger partial charge >= 0.3 is 0 Å². The van der Waals surface area contributed by atoms with Gasteiger partial charge in [-0.15, -0.1) is 4.68 Å². The van der Waals surface area contributed by atoms with Crippen molar-refractivity contribution in [3.8, 4) is 0 Å². The van der Waals surface area contributed by atoms with Crippen LogP contribution in [0.4, 0.5) is 0 Å². The number of hydrogen-bond donors (Lipinski definition) is 0. The van der Waals surface area contributed by atoms with E-state index in [9.17, 15) is 8.42 Å². The molecule has 0 spiro atoms. The Morgan fingerprint density at radius 1 is 1.60 bits per heavy atom. The van der Waals surface area contributed by atoms with Crippen LogP contribution in [-0.2, 0) is 29.5 Å². The van der Waals surface area contributed by atoms with Gasteiger partial charge in [0.25, 0.3) is 0 Å². The number of rotatable bonds is 1. The van der Waals surface area contributed by atoms with Crippen LogP contribution in [0.5, 0.6) is 0 Å². The van der Waals surface area contributed by atoms with Crippen LogP contribution in [0, 0.1) is 6.92 Å². The van der Waals surface area contributed by atoms with Crippen molar-refractivity contribution in [1.82, 2.24) is 9.78 Å². The molecule has 0 amide bonds. The van der Waals surface area contributed by atoms with Gasteiger partial charge in [-0.2, -0.15) is 0 Å². The van der Waals surface area contributed by atoms with Gasteiger partial charge in [0.1, 0.15) is 6.04 Å². The first-order valence-electron chi connectivity index (χ1n) is 4.73. The van der Waals surface area contributed by atoms with E-state index in [1.165, 1.54) is 0 Å². The van der Waals surface area contributed by atoms with Gasteiger partial charge in [-0.05, 0) is 6.42 Å². The van der Waals surface area contributed by atoms with Crippen LogP contribution < -0.4 is 4.57 Å². The summed E-state index contributed by atoms with van der Waals surface area (Å²) in [6.45, 7) is 1.90. The minimum absolute atomic E-state index is 0.0436. The smallest absolute Gasteiger partial charge is 0.231 e. The number of sulfone groups is 1. The predicted octanol–water partition coefficient (Wildman–Crippen LogP) is -0.719. The molecule has 1 saturated heterocycles. The molecule has 0 bridgehead atoms. The fraction of sp³-hybridized carbons (Fsp3) is 0.750. The fourth-order valence-electron chi connectivity index (χ4n) is 1.84. The summed E-state index contributed by atoms with van der Waals surface area (Å²) in [7, 11) is -1.03. The standard InChI is InChI=1S/C8H13N3O2S2/c1-6-10(2)8(14)9-11(6)7-3-4-15(12,13)5-7/h7H,3-5H2,1-2H3. The van der Waals surface area contributed by atoms with E-state index >= 15 is 0 Å². The molecule has 2 rings (SSSR count). The van der Waals surface area contributed by atoms with Crippen LogP contribution in [0.25, 0.3) is 0 Å². The SMILES string of the molecule is Cc1n(C2CCS(=O)(=O)C2)nc([S-])[n+]1C. The molecule has 1 unspecified atom stereocenters. The second-order valence-corrected chi connectivity index (χ2v) is 6.48. The number of nitrogens with zero attached hydrogens (tertiary/aromatic N) is 3. The number of aromatic nitrogens is 3. The summed E-state index contributed by atoms with van der Waals surface area (Å²) in [6, 6.07) is -0.0436. The van der Waals surface area contributed by atoms with Crippen LogP contribution in [0.1, 0.15) is 18.3 Å². The Morgan fingerprint density at radius 2 is 2.27 bits per heavy atom. The fourth-order valence-corrected chi connectivity index (χ4v) is 3.75. The molecule has 2 heterocycles. The van der Waals surface area contributed by atoms with Gasteiger partial charge in [-0.1, -0.05) is 0 Å². The molecule has 1 aromatic rings. The summed E-state index contributed by atoms with van der Waals surface area (Å²) < 4.78 is 26.2. The van der Waals surface area contributed by atoms with Crippen LogP contribution in [0.2, 0.25) is 0 Å². The highest BCUT2D eigenvalue weighted by Gasteiger charge is 2.34. The predicted molar refractivity (Wildman–Crippen MR) is 56.1 cm³/mol. The molecule has 15 heavy (non-hydrogen) atoms. The molecule has 0 aliphatic carbocycles. The lowest BCUT2D eigenvalue weighted by Crippen LogP contribution is -2.33. The van der Waals surface area contributed by atoms with Crippen molar-refractivity contribution >= 4 is 22.5 Å². The van der Waals surface area contributed by atoms with Crippen molar-refractivity contribution in [2.24, 2.45) is 7.05 Å². The maximum absolute atomic E-state index is 11.3. The van der Waals surface area contributed by atoms with Gasteiger partial charge < -0.3 is 12.6 Å². The van der Waals surface area contributed by atoms with Gasteiger partial charge in [0, 0.05) is 12.0 Å². The average molecular weight is 247 g/mol. The van der Waals surface area contributed by atoms with E-state index in [0.717, 1.165) is 5.82 Å². The largest absolute Gasteiger partial charge is 0.703 e. The van der Waals surface area contributed by atoms with Gasteiger partial charge in [-0.25, -0.2) is 8.42 Å². The van der Waals surface area contributed by atoms with Crippen LogP contribution in [-0.4, -0.2) is 29.7 Å². The number of hydrogen-bond acceptors (Lipinski definition) is 4. The van der Waals surface area contributed by atoms with E-state index in [4.69, 9.17) is 12.6 Å². The lowest BCUT2D eigenvalue weighted by Gasteiger charge is -2.01. The van der Waals surface area contributed by atoms with Gasteiger partial charge in [-0.3, -0.25) is 4.57 Å². The molecule has 5 nitrogen and oxygen atoms in total. The molecule has 0 radical (unpaired) electrons.